The molecule has 1 aromatic heterocycles. The van der Waals surface area contributed by atoms with Gasteiger partial charge in [0.2, 0.25) is 0 Å². The largest absolute Gasteiger partial charge is 0.378 e. The Morgan fingerprint density at radius 2 is 1.85 bits per heavy atom. The molecule has 0 spiro atoms. The first kappa shape index (κ1) is 13.3. The summed E-state index contributed by atoms with van der Waals surface area (Å²) in [4.78, 5) is 3.23. The predicted molar refractivity (Wildman–Crippen MR) is 75.3 cm³/mol. The van der Waals surface area contributed by atoms with Crippen molar-refractivity contribution in [2.75, 3.05) is 19.0 Å². The lowest BCUT2D eigenvalue weighted by Gasteiger charge is -2.11. The quantitative estimate of drug-likeness (QED) is 0.791. The second-order valence-electron chi connectivity index (χ2n) is 4.26. The highest BCUT2D eigenvalue weighted by atomic mass is 15.5. The van der Waals surface area contributed by atoms with Crippen molar-refractivity contribution in [1.29, 1.82) is 10.5 Å². The SMILES string of the molecule is CN(C)c1ccc(-c2cnn(C=C(C#N)C#N)n2)cc1. The molecule has 0 aliphatic rings. The summed E-state index contributed by atoms with van der Waals surface area (Å²) in [6.45, 7) is 0. The van der Waals surface area contributed by atoms with Gasteiger partial charge in [-0.1, -0.05) is 12.1 Å². The molecule has 98 valence electrons. The molecule has 0 amide bonds. The molecule has 0 fully saturated rings. The van der Waals surface area contributed by atoms with Gasteiger partial charge in [-0.3, -0.25) is 0 Å². The van der Waals surface area contributed by atoms with Crippen LogP contribution in [0.25, 0.3) is 17.5 Å². The summed E-state index contributed by atoms with van der Waals surface area (Å²) in [7, 11) is 3.95. The summed E-state index contributed by atoms with van der Waals surface area (Å²) in [6, 6.07) is 11.4. The van der Waals surface area contributed by atoms with Gasteiger partial charge in [0.15, 0.2) is 0 Å². The van der Waals surface area contributed by atoms with Gasteiger partial charge in [-0.25, -0.2) is 0 Å². The number of rotatable bonds is 3. The summed E-state index contributed by atoms with van der Waals surface area (Å²) in [6.07, 6.45) is 2.88. The molecule has 0 unspecified atom stereocenters. The molecule has 1 heterocycles. The van der Waals surface area contributed by atoms with Gasteiger partial charge in [0.25, 0.3) is 0 Å². The van der Waals surface area contributed by atoms with Crippen molar-refractivity contribution < 1.29 is 0 Å². The Hall–Kier alpha value is -3.12. The Balaban J connectivity index is 2.28. The van der Waals surface area contributed by atoms with E-state index < -0.39 is 0 Å². The van der Waals surface area contributed by atoms with Gasteiger partial charge < -0.3 is 4.90 Å². The molecule has 0 saturated heterocycles. The summed E-state index contributed by atoms with van der Waals surface area (Å²) >= 11 is 0. The van der Waals surface area contributed by atoms with Gasteiger partial charge in [0.05, 0.1) is 12.4 Å². The van der Waals surface area contributed by atoms with E-state index in [4.69, 9.17) is 10.5 Å². The van der Waals surface area contributed by atoms with Gasteiger partial charge in [0.1, 0.15) is 23.4 Å². The Bertz CT molecular complexity index is 693. The number of hydrogen-bond donors (Lipinski definition) is 0. The number of nitrogens with zero attached hydrogens (tertiary/aromatic N) is 6. The first-order valence-corrected chi connectivity index (χ1v) is 5.85. The van der Waals surface area contributed by atoms with Gasteiger partial charge in [-0.2, -0.15) is 20.4 Å². The number of aromatic nitrogens is 3. The molecule has 6 heteroatoms. The maximum Gasteiger partial charge on any atom is 0.149 e. The average molecular weight is 264 g/mol. The Morgan fingerprint density at radius 1 is 1.20 bits per heavy atom. The van der Waals surface area contributed by atoms with E-state index in [1.54, 1.807) is 18.3 Å². The Morgan fingerprint density at radius 3 is 2.40 bits per heavy atom. The van der Waals surface area contributed by atoms with Gasteiger partial charge in [0, 0.05) is 25.3 Å². The van der Waals surface area contributed by atoms with Crippen LogP contribution in [0.5, 0.6) is 0 Å². The standard InChI is InChI=1S/C14H12N6/c1-19(2)13-5-3-12(4-6-13)14-9-17-20(18-14)10-11(7-15)8-16/h3-6,9-10H,1-2H3. The fourth-order valence-corrected chi connectivity index (χ4v) is 1.60. The minimum atomic E-state index is -0.0462. The fourth-order valence-electron chi connectivity index (χ4n) is 1.60. The highest BCUT2D eigenvalue weighted by Crippen LogP contribution is 2.20. The Kier molecular flexibility index (Phi) is 3.78. The van der Waals surface area contributed by atoms with Crippen LogP contribution in [0.2, 0.25) is 0 Å². The third-order valence-electron chi connectivity index (χ3n) is 2.67. The smallest absolute Gasteiger partial charge is 0.149 e. The molecule has 1 aromatic carbocycles. The molecule has 2 aromatic rings. The van der Waals surface area contributed by atoms with Crippen LogP contribution in [0, 0.1) is 22.7 Å². The highest BCUT2D eigenvalue weighted by molar-refractivity contribution is 5.62. The van der Waals surface area contributed by atoms with Gasteiger partial charge in [-0.15, -0.1) is 5.10 Å². The number of hydrogen-bond acceptors (Lipinski definition) is 5. The normalized spacial score (nSPS) is 9.40. The molecular formula is C14H12N6. The third-order valence-corrected chi connectivity index (χ3v) is 2.67. The van der Waals surface area contributed by atoms with Crippen LogP contribution in [0.3, 0.4) is 0 Å². The molecule has 0 N–H and O–H groups in total. The predicted octanol–water partition coefficient (Wildman–Crippen LogP) is 1.90. The van der Waals surface area contributed by atoms with Crippen LogP contribution < -0.4 is 4.90 Å². The van der Waals surface area contributed by atoms with Crippen molar-refractivity contribution >= 4 is 11.9 Å². The number of anilines is 1. The zero-order valence-corrected chi connectivity index (χ0v) is 11.1. The molecule has 0 radical (unpaired) electrons. The lowest BCUT2D eigenvalue weighted by Crippen LogP contribution is -2.07. The Labute approximate surface area is 116 Å². The molecule has 0 atom stereocenters. The van der Waals surface area contributed by atoms with Gasteiger partial charge >= 0.3 is 0 Å². The summed E-state index contributed by atoms with van der Waals surface area (Å²) in [5, 5.41) is 25.6. The van der Waals surface area contributed by atoms with E-state index in [-0.39, 0.29) is 5.57 Å². The van der Waals surface area contributed by atoms with E-state index in [0.717, 1.165) is 11.3 Å². The number of benzene rings is 1. The maximum absolute atomic E-state index is 8.68. The zero-order valence-electron chi connectivity index (χ0n) is 11.1. The van der Waals surface area contributed by atoms with Crippen LogP contribution in [-0.4, -0.2) is 29.1 Å². The molecule has 2 rings (SSSR count). The molecule has 0 aliphatic heterocycles. The van der Waals surface area contributed by atoms with E-state index in [1.807, 2.05) is 43.3 Å². The van der Waals surface area contributed by atoms with Crippen molar-refractivity contribution in [3.05, 3.63) is 36.0 Å². The van der Waals surface area contributed by atoms with E-state index in [9.17, 15) is 0 Å². The minimum absolute atomic E-state index is 0.0462. The lowest BCUT2D eigenvalue weighted by atomic mass is 10.1. The van der Waals surface area contributed by atoms with Crippen molar-refractivity contribution in [2.45, 2.75) is 0 Å². The molecule has 6 nitrogen and oxygen atoms in total. The summed E-state index contributed by atoms with van der Waals surface area (Å²) in [5.41, 5.74) is 2.65. The number of allylic oxidation sites excluding steroid dienone is 1. The zero-order chi connectivity index (χ0) is 14.5. The number of nitriles is 2. The molecule has 0 saturated carbocycles. The van der Waals surface area contributed by atoms with Crippen molar-refractivity contribution in [3.8, 4) is 23.4 Å². The van der Waals surface area contributed by atoms with E-state index in [1.165, 1.54) is 11.0 Å². The van der Waals surface area contributed by atoms with Crippen LogP contribution in [0.1, 0.15) is 0 Å². The molecule has 0 aliphatic carbocycles. The van der Waals surface area contributed by atoms with Crippen molar-refractivity contribution in [1.82, 2.24) is 15.0 Å². The first-order chi connectivity index (χ1) is 9.63. The molecule has 20 heavy (non-hydrogen) atoms. The second kappa shape index (κ2) is 5.68. The molecular weight excluding hydrogens is 252 g/mol. The van der Waals surface area contributed by atoms with Crippen LogP contribution in [0.15, 0.2) is 36.0 Å². The summed E-state index contributed by atoms with van der Waals surface area (Å²) < 4.78 is 0. The summed E-state index contributed by atoms with van der Waals surface area (Å²) in [5.74, 6) is 0. The van der Waals surface area contributed by atoms with Gasteiger partial charge in [-0.05, 0) is 12.1 Å². The van der Waals surface area contributed by atoms with E-state index in [0.29, 0.717) is 5.69 Å². The first-order valence-electron chi connectivity index (χ1n) is 5.85. The minimum Gasteiger partial charge on any atom is -0.378 e. The second-order valence-corrected chi connectivity index (χ2v) is 4.26. The maximum atomic E-state index is 8.68. The highest BCUT2D eigenvalue weighted by Gasteiger charge is 2.04. The fraction of sp³-hybridized carbons (Fsp3) is 0.143. The van der Waals surface area contributed by atoms with Crippen LogP contribution in [-0.2, 0) is 0 Å². The van der Waals surface area contributed by atoms with E-state index >= 15 is 0 Å². The monoisotopic (exact) mass is 264 g/mol. The lowest BCUT2D eigenvalue weighted by molar-refractivity contribution is 0.797. The van der Waals surface area contributed by atoms with Crippen molar-refractivity contribution in [2.24, 2.45) is 0 Å². The van der Waals surface area contributed by atoms with E-state index in [2.05, 4.69) is 10.2 Å². The molecule has 0 bridgehead atoms. The average Bonchev–Trinajstić information content (AvgIpc) is 2.93. The topological polar surface area (TPSA) is 81.5 Å². The van der Waals surface area contributed by atoms with Crippen molar-refractivity contribution in [3.63, 3.8) is 0 Å². The van der Waals surface area contributed by atoms with Crippen LogP contribution >= 0.6 is 0 Å². The van der Waals surface area contributed by atoms with Crippen LogP contribution in [0.4, 0.5) is 5.69 Å². The third kappa shape index (κ3) is 2.82.